The number of aromatic nitrogens is 3. The normalized spacial score (nSPS) is 17.3. The standard InChI is InChI=1S/C23H25N5OS/c1-30-20-5-3-2-4-17(20)21(29)15-9-12-28(13-10-15)23-22(25-16-6-7-16)26-18-8-11-24-14-19(18)27-23/h2-5,8,11,14-16H,6-7,9-10,12-13H2,1H3,(H,25,26). The van der Waals surface area contributed by atoms with Gasteiger partial charge in [0.15, 0.2) is 17.4 Å². The number of anilines is 2. The first-order valence-corrected chi connectivity index (χ1v) is 11.8. The van der Waals surface area contributed by atoms with Crippen LogP contribution in [0.1, 0.15) is 36.0 Å². The maximum absolute atomic E-state index is 13.1. The van der Waals surface area contributed by atoms with Gasteiger partial charge in [-0.15, -0.1) is 11.8 Å². The van der Waals surface area contributed by atoms with Crippen molar-refractivity contribution in [3.05, 3.63) is 48.3 Å². The fourth-order valence-electron chi connectivity index (χ4n) is 4.06. The average Bonchev–Trinajstić information content (AvgIpc) is 3.62. The Morgan fingerprint density at radius 2 is 1.87 bits per heavy atom. The summed E-state index contributed by atoms with van der Waals surface area (Å²) in [5.74, 6) is 2.07. The van der Waals surface area contributed by atoms with Crippen molar-refractivity contribution < 1.29 is 4.79 Å². The van der Waals surface area contributed by atoms with Gasteiger partial charge < -0.3 is 10.2 Å². The number of hydrogen-bond donors (Lipinski definition) is 1. The number of thioether (sulfide) groups is 1. The van der Waals surface area contributed by atoms with Crippen LogP contribution in [0.4, 0.5) is 11.6 Å². The van der Waals surface area contributed by atoms with Crippen molar-refractivity contribution in [2.45, 2.75) is 36.6 Å². The number of benzene rings is 1. The van der Waals surface area contributed by atoms with E-state index < -0.39 is 0 Å². The first-order chi connectivity index (χ1) is 14.7. The summed E-state index contributed by atoms with van der Waals surface area (Å²) in [5.41, 5.74) is 2.52. The molecule has 0 bridgehead atoms. The first-order valence-electron chi connectivity index (χ1n) is 10.5. The summed E-state index contributed by atoms with van der Waals surface area (Å²) < 4.78 is 0. The second-order valence-electron chi connectivity index (χ2n) is 8.00. The van der Waals surface area contributed by atoms with Gasteiger partial charge in [0.2, 0.25) is 0 Å². The minimum atomic E-state index is 0.0597. The third-order valence-electron chi connectivity index (χ3n) is 5.90. The molecule has 30 heavy (non-hydrogen) atoms. The maximum Gasteiger partial charge on any atom is 0.172 e. The Bertz CT molecular complexity index is 1080. The van der Waals surface area contributed by atoms with Gasteiger partial charge in [0.05, 0.1) is 11.7 Å². The lowest BCUT2D eigenvalue weighted by atomic mass is 9.89. The molecule has 0 radical (unpaired) electrons. The van der Waals surface area contributed by atoms with Crippen LogP contribution in [-0.2, 0) is 0 Å². The number of rotatable bonds is 6. The number of nitrogens with zero attached hydrogens (tertiary/aromatic N) is 4. The highest BCUT2D eigenvalue weighted by molar-refractivity contribution is 7.98. The fraction of sp³-hybridized carbons (Fsp3) is 0.391. The lowest BCUT2D eigenvalue weighted by Crippen LogP contribution is -2.37. The van der Waals surface area contributed by atoms with E-state index in [2.05, 4.69) is 15.2 Å². The van der Waals surface area contributed by atoms with Crippen LogP contribution < -0.4 is 10.2 Å². The minimum absolute atomic E-state index is 0.0597. The van der Waals surface area contributed by atoms with Crippen molar-refractivity contribution >= 4 is 40.2 Å². The molecule has 1 aromatic carbocycles. The Morgan fingerprint density at radius 3 is 2.63 bits per heavy atom. The maximum atomic E-state index is 13.1. The molecule has 2 fully saturated rings. The molecule has 2 aliphatic rings. The van der Waals surface area contributed by atoms with Gasteiger partial charge in [0.1, 0.15) is 5.52 Å². The fourth-order valence-corrected chi connectivity index (χ4v) is 4.66. The molecule has 3 aromatic rings. The average molecular weight is 420 g/mol. The molecule has 6 nitrogen and oxygen atoms in total. The molecule has 3 heterocycles. The predicted octanol–water partition coefficient (Wildman–Crippen LogP) is 4.42. The molecule has 1 aliphatic carbocycles. The quantitative estimate of drug-likeness (QED) is 0.468. The molecule has 5 rings (SSSR count). The van der Waals surface area contributed by atoms with Crippen molar-refractivity contribution in [3.63, 3.8) is 0 Å². The Kier molecular flexibility index (Phi) is 5.29. The summed E-state index contributed by atoms with van der Waals surface area (Å²) >= 11 is 1.64. The van der Waals surface area contributed by atoms with Crippen LogP contribution >= 0.6 is 11.8 Å². The van der Waals surface area contributed by atoms with Crippen LogP contribution in [0.5, 0.6) is 0 Å². The molecule has 7 heteroatoms. The van der Waals surface area contributed by atoms with Gasteiger partial charge in [-0.25, -0.2) is 9.97 Å². The van der Waals surface area contributed by atoms with E-state index in [0.717, 1.165) is 59.1 Å². The summed E-state index contributed by atoms with van der Waals surface area (Å²) in [6, 6.07) is 10.3. The monoisotopic (exact) mass is 419 g/mol. The van der Waals surface area contributed by atoms with Crippen molar-refractivity contribution in [3.8, 4) is 0 Å². The smallest absolute Gasteiger partial charge is 0.172 e. The molecule has 0 amide bonds. The van der Waals surface area contributed by atoms with E-state index in [4.69, 9.17) is 9.97 Å². The Hall–Kier alpha value is -2.67. The summed E-state index contributed by atoms with van der Waals surface area (Å²) in [6.45, 7) is 1.61. The first kappa shape index (κ1) is 19.3. The van der Waals surface area contributed by atoms with Crippen LogP contribution in [0.15, 0.2) is 47.6 Å². The largest absolute Gasteiger partial charge is 0.364 e. The van der Waals surface area contributed by atoms with Crippen LogP contribution in [0.3, 0.4) is 0 Å². The molecule has 1 saturated heterocycles. The molecule has 0 atom stereocenters. The molecular formula is C23H25N5OS. The van der Waals surface area contributed by atoms with Crippen molar-refractivity contribution in [1.82, 2.24) is 15.0 Å². The van der Waals surface area contributed by atoms with E-state index in [1.165, 1.54) is 12.8 Å². The van der Waals surface area contributed by atoms with Crippen molar-refractivity contribution in [2.24, 2.45) is 5.92 Å². The number of fused-ring (bicyclic) bond motifs is 1. The van der Waals surface area contributed by atoms with E-state index in [1.807, 2.05) is 36.6 Å². The zero-order chi connectivity index (χ0) is 20.5. The van der Waals surface area contributed by atoms with Crippen molar-refractivity contribution in [2.75, 3.05) is 29.6 Å². The second kappa shape index (κ2) is 8.22. The number of piperidine rings is 1. The predicted molar refractivity (Wildman–Crippen MR) is 121 cm³/mol. The van der Waals surface area contributed by atoms with Crippen LogP contribution in [-0.4, -0.2) is 46.1 Å². The van der Waals surface area contributed by atoms with Gasteiger partial charge in [0, 0.05) is 41.7 Å². The Balaban J connectivity index is 1.36. The molecule has 1 saturated carbocycles. The van der Waals surface area contributed by atoms with E-state index in [-0.39, 0.29) is 11.7 Å². The second-order valence-corrected chi connectivity index (χ2v) is 8.85. The van der Waals surface area contributed by atoms with Crippen LogP contribution in [0, 0.1) is 5.92 Å². The van der Waals surface area contributed by atoms with E-state index >= 15 is 0 Å². The highest BCUT2D eigenvalue weighted by Crippen LogP contribution is 2.34. The SMILES string of the molecule is CSc1ccccc1C(=O)C1CCN(c2nc3cnccc3nc2NC2CC2)CC1. The third-order valence-corrected chi connectivity index (χ3v) is 6.70. The highest BCUT2D eigenvalue weighted by Gasteiger charge is 2.30. The van der Waals surface area contributed by atoms with Gasteiger partial charge >= 0.3 is 0 Å². The molecule has 1 aliphatic heterocycles. The van der Waals surface area contributed by atoms with Gasteiger partial charge in [-0.1, -0.05) is 18.2 Å². The lowest BCUT2D eigenvalue weighted by Gasteiger charge is -2.33. The van der Waals surface area contributed by atoms with Crippen molar-refractivity contribution in [1.29, 1.82) is 0 Å². The summed E-state index contributed by atoms with van der Waals surface area (Å²) in [7, 11) is 0. The number of ketones is 1. The minimum Gasteiger partial charge on any atom is -0.364 e. The molecule has 154 valence electrons. The summed E-state index contributed by atoms with van der Waals surface area (Å²) in [4.78, 5) is 30.4. The number of carbonyl (C=O) groups is 1. The number of pyridine rings is 1. The van der Waals surface area contributed by atoms with Gasteiger partial charge in [0.25, 0.3) is 0 Å². The van der Waals surface area contributed by atoms with E-state index in [9.17, 15) is 4.79 Å². The highest BCUT2D eigenvalue weighted by atomic mass is 32.2. The molecule has 0 unspecified atom stereocenters. The summed E-state index contributed by atoms with van der Waals surface area (Å²) in [5, 5.41) is 3.54. The lowest BCUT2D eigenvalue weighted by molar-refractivity contribution is 0.0897. The number of nitrogens with one attached hydrogen (secondary N) is 1. The number of hydrogen-bond acceptors (Lipinski definition) is 7. The number of Topliss-reactive ketones (excluding diaryl/α,β-unsaturated/α-hetero) is 1. The van der Waals surface area contributed by atoms with E-state index in [1.54, 1.807) is 24.2 Å². The summed E-state index contributed by atoms with van der Waals surface area (Å²) in [6.07, 6.45) is 9.57. The zero-order valence-electron chi connectivity index (χ0n) is 17.0. The topological polar surface area (TPSA) is 71.0 Å². The Morgan fingerprint density at radius 1 is 1.07 bits per heavy atom. The zero-order valence-corrected chi connectivity index (χ0v) is 17.9. The van der Waals surface area contributed by atoms with Gasteiger partial charge in [-0.2, -0.15) is 0 Å². The molecule has 2 aromatic heterocycles. The number of carbonyl (C=O) groups excluding carboxylic acids is 1. The third kappa shape index (κ3) is 3.86. The molecule has 0 spiro atoms. The van der Waals surface area contributed by atoms with Crippen LogP contribution in [0.2, 0.25) is 0 Å². The Labute approximate surface area is 180 Å². The van der Waals surface area contributed by atoms with Crippen LogP contribution in [0.25, 0.3) is 11.0 Å². The van der Waals surface area contributed by atoms with Gasteiger partial charge in [-0.3, -0.25) is 9.78 Å². The molecule has 1 N–H and O–H groups in total. The molecular weight excluding hydrogens is 394 g/mol. The van der Waals surface area contributed by atoms with E-state index in [0.29, 0.717) is 6.04 Å². The van der Waals surface area contributed by atoms with Gasteiger partial charge in [-0.05, 0) is 44.1 Å².